The van der Waals surface area contributed by atoms with E-state index in [2.05, 4.69) is 57.9 Å². The van der Waals surface area contributed by atoms with Gasteiger partial charge in [-0.25, -0.2) is 9.59 Å². The number of rotatable bonds is 30. The Balaban J connectivity index is 0.000000597. The van der Waals surface area contributed by atoms with Crippen molar-refractivity contribution in [2.75, 3.05) is 109 Å². The Bertz CT molecular complexity index is 2980. The second kappa shape index (κ2) is 42.0. The highest BCUT2D eigenvalue weighted by Crippen LogP contribution is 2.20. The van der Waals surface area contributed by atoms with E-state index in [1.54, 1.807) is 139 Å². The predicted octanol–water partition coefficient (Wildman–Crippen LogP) is 5.93. The molecule has 0 radical (unpaired) electrons. The average Bonchev–Trinajstić information content (AvgIpc) is 2.76. The molecular weight excluding hydrogens is 1200 g/mol. The number of amides is 10. The predicted molar refractivity (Wildman–Crippen MR) is 355 cm³/mol. The molecule has 0 aliphatic heterocycles. The summed E-state index contributed by atoms with van der Waals surface area (Å²) in [4.78, 5) is 144. The average molecular weight is 1300 g/mol. The Morgan fingerprint density at radius 2 is 0.634 bits per heavy atom. The molecule has 0 spiro atoms. The van der Waals surface area contributed by atoms with E-state index in [-0.39, 0.29) is 119 Å². The minimum atomic E-state index is -0.663. The molecule has 29 nitrogen and oxygen atoms in total. The normalized spacial score (nSPS) is 10.7. The summed E-state index contributed by atoms with van der Waals surface area (Å²) < 4.78 is 14.5. The standard InChI is InChI=1S/C35H51N7O8.C25H35N7O4.C4H6O3/c1-24(43)36-17-14-29(44)37-18-21-42(19-15-30(45)38-25-10-8-12-27(22-25)40-32(47)49-34(2,3)4)20-16-31(46)39-26-11-9-13-28(23-26)41-33(48)50-35(5,6)7;1-18(33)28-11-8-23(34)29-12-15-32(13-9-24(35)30-21-6-2-4-19(26)16-21)14-10-25(36)31-22-7-3-5-20(27)17-22;1-3(5)7-4(2)6/h8-13,22-23H,14-21H2,1-7H3,(H,36,43)(H,37,44)(H,38,45)(H,39,46)(H,40,47)(H,41,48);2-7,16-17H,8-15,26-27H2,1H3,(H,28,33)(H,29,34)(H,30,35)(H,31,36);1-2H3. The highest BCUT2D eigenvalue weighted by molar-refractivity contribution is 5.95. The van der Waals surface area contributed by atoms with Crippen LogP contribution in [0.3, 0.4) is 0 Å². The van der Waals surface area contributed by atoms with Crippen LogP contribution in [-0.2, 0) is 62.2 Å². The van der Waals surface area contributed by atoms with E-state index in [1.807, 2.05) is 9.80 Å². The molecule has 0 unspecified atom stereocenters. The van der Waals surface area contributed by atoms with E-state index < -0.39 is 35.3 Å². The number of hydrogen-bond donors (Lipinski definition) is 12. The highest BCUT2D eigenvalue weighted by Gasteiger charge is 2.20. The van der Waals surface area contributed by atoms with Crippen LogP contribution in [0.2, 0.25) is 0 Å². The van der Waals surface area contributed by atoms with Gasteiger partial charge in [0.2, 0.25) is 47.3 Å². The second-order valence-corrected chi connectivity index (χ2v) is 22.8. The quantitative estimate of drug-likeness (QED) is 0.0124. The number of ether oxygens (including phenoxy) is 3. The molecule has 0 aliphatic rings. The lowest BCUT2D eigenvalue weighted by molar-refractivity contribution is -0.156. The number of anilines is 8. The first-order valence-electron chi connectivity index (χ1n) is 30.0. The summed E-state index contributed by atoms with van der Waals surface area (Å²) in [6, 6.07) is 27.1. The number of benzene rings is 4. The van der Waals surface area contributed by atoms with Gasteiger partial charge in [0.05, 0.1) is 0 Å². The van der Waals surface area contributed by atoms with Crippen LogP contribution in [0.25, 0.3) is 0 Å². The lowest BCUT2D eigenvalue weighted by Gasteiger charge is -2.22. The number of nitrogens with two attached hydrogens (primary N) is 2. The van der Waals surface area contributed by atoms with E-state index in [4.69, 9.17) is 20.9 Å². The van der Waals surface area contributed by atoms with Crippen molar-refractivity contribution >= 4 is 117 Å². The van der Waals surface area contributed by atoms with E-state index in [9.17, 15) is 57.5 Å². The molecule has 93 heavy (non-hydrogen) atoms. The fourth-order valence-corrected chi connectivity index (χ4v) is 7.82. The Morgan fingerprint density at radius 1 is 0.355 bits per heavy atom. The largest absolute Gasteiger partial charge is 0.444 e. The first-order chi connectivity index (χ1) is 43.7. The monoisotopic (exact) mass is 1300 g/mol. The molecule has 508 valence electrons. The lowest BCUT2D eigenvalue weighted by Crippen LogP contribution is -2.38. The summed E-state index contributed by atoms with van der Waals surface area (Å²) in [5.41, 5.74) is 14.4. The fraction of sp³-hybridized carbons (Fsp3) is 0.438. The number of hydrogen-bond acceptors (Lipinski definition) is 19. The Morgan fingerprint density at radius 3 is 0.892 bits per heavy atom. The summed E-state index contributed by atoms with van der Waals surface area (Å²) in [7, 11) is 0. The van der Waals surface area contributed by atoms with Crippen molar-refractivity contribution in [2.45, 2.75) is 119 Å². The molecule has 0 bridgehead atoms. The van der Waals surface area contributed by atoms with Gasteiger partial charge in [-0.05, 0) is 114 Å². The summed E-state index contributed by atoms with van der Waals surface area (Å²) in [5, 5.41) is 27.2. The summed E-state index contributed by atoms with van der Waals surface area (Å²) >= 11 is 0. The van der Waals surface area contributed by atoms with Gasteiger partial charge >= 0.3 is 24.1 Å². The third-order valence-corrected chi connectivity index (χ3v) is 11.8. The zero-order chi connectivity index (χ0) is 69.5. The van der Waals surface area contributed by atoms with Crippen LogP contribution in [0.15, 0.2) is 97.1 Å². The first kappa shape index (κ1) is 78.9. The van der Waals surface area contributed by atoms with Crippen LogP contribution in [0.4, 0.5) is 55.1 Å². The molecule has 14 N–H and O–H groups in total. The highest BCUT2D eigenvalue weighted by atomic mass is 16.6. The molecular formula is C64H92N14O15. The molecule has 29 heteroatoms. The van der Waals surface area contributed by atoms with Crippen molar-refractivity contribution in [1.82, 2.24) is 31.1 Å². The number of carbonyl (C=O) groups is 12. The number of carbonyl (C=O) groups excluding carboxylic acids is 12. The van der Waals surface area contributed by atoms with Crippen LogP contribution in [0, 0.1) is 0 Å². The van der Waals surface area contributed by atoms with E-state index in [1.165, 1.54) is 27.7 Å². The second-order valence-electron chi connectivity index (χ2n) is 22.8. The van der Waals surface area contributed by atoms with Crippen LogP contribution < -0.4 is 64.6 Å². The Kier molecular flexibility index (Phi) is 35.7. The maximum atomic E-state index is 12.9. The summed E-state index contributed by atoms with van der Waals surface area (Å²) in [5.74, 6) is -2.93. The third-order valence-electron chi connectivity index (χ3n) is 11.8. The third kappa shape index (κ3) is 41.7. The van der Waals surface area contributed by atoms with Gasteiger partial charge in [0.25, 0.3) is 0 Å². The van der Waals surface area contributed by atoms with Gasteiger partial charge < -0.3 is 78.0 Å². The molecule has 10 amide bonds. The molecule has 0 aliphatic carbocycles. The van der Waals surface area contributed by atoms with Crippen molar-refractivity contribution in [3.63, 3.8) is 0 Å². The van der Waals surface area contributed by atoms with Crippen molar-refractivity contribution in [3.8, 4) is 0 Å². The maximum absolute atomic E-state index is 12.9. The SMILES string of the molecule is CC(=O)NCCC(=O)NCCN(CCC(=O)Nc1cccc(N)c1)CCC(=O)Nc1cccc(N)c1.CC(=O)NCCC(=O)NCCN(CCC(=O)Nc1cccc(NC(=O)OC(C)(C)C)c1)CCC(=O)Nc1cccc(NC(=O)OC(C)(C)C)c1.CC(=O)OC(C)=O. The first-order valence-corrected chi connectivity index (χ1v) is 30.0. The van der Waals surface area contributed by atoms with Gasteiger partial charge in [-0.2, -0.15) is 0 Å². The van der Waals surface area contributed by atoms with Gasteiger partial charge in [0.1, 0.15) is 11.2 Å². The zero-order valence-corrected chi connectivity index (χ0v) is 54.7. The smallest absolute Gasteiger partial charge is 0.412 e. The van der Waals surface area contributed by atoms with Crippen LogP contribution in [0.5, 0.6) is 0 Å². The summed E-state index contributed by atoms with van der Waals surface area (Å²) in [6.07, 6.45) is -0.384. The van der Waals surface area contributed by atoms with Gasteiger partial charge in [0.15, 0.2) is 0 Å². The molecule has 4 aromatic carbocycles. The van der Waals surface area contributed by atoms with Crippen molar-refractivity contribution in [3.05, 3.63) is 97.1 Å². The summed E-state index contributed by atoms with van der Waals surface area (Å²) in [6.45, 7) is 18.9. The van der Waals surface area contributed by atoms with E-state index >= 15 is 0 Å². The van der Waals surface area contributed by atoms with Crippen molar-refractivity contribution in [1.29, 1.82) is 0 Å². The number of esters is 2. The van der Waals surface area contributed by atoms with E-state index in [0.29, 0.717) is 78.2 Å². The molecule has 4 rings (SSSR count). The Labute approximate surface area is 542 Å². The maximum Gasteiger partial charge on any atom is 0.412 e. The minimum Gasteiger partial charge on any atom is -0.444 e. The lowest BCUT2D eigenvalue weighted by atomic mass is 10.2. The molecule has 0 saturated carbocycles. The minimum absolute atomic E-state index is 0.0835. The topological polar surface area (TPSA) is 411 Å². The van der Waals surface area contributed by atoms with Gasteiger partial charge in [-0.1, -0.05) is 24.3 Å². The molecule has 0 atom stereocenters. The Hall–Kier alpha value is -10.2. The van der Waals surface area contributed by atoms with Gasteiger partial charge in [-0.15, -0.1) is 0 Å². The number of nitrogens with zero attached hydrogens (tertiary/aromatic N) is 2. The molecule has 0 heterocycles. The molecule has 0 aromatic heterocycles. The fourth-order valence-electron chi connectivity index (χ4n) is 7.82. The van der Waals surface area contributed by atoms with E-state index in [0.717, 1.165) is 0 Å². The molecule has 0 saturated heterocycles. The van der Waals surface area contributed by atoms with Crippen LogP contribution >= 0.6 is 0 Å². The van der Waals surface area contributed by atoms with Crippen molar-refractivity contribution < 1.29 is 71.7 Å². The van der Waals surface area contributed by atoms with Crippen LogP contribution in [0.1, 0.15) is 108 Å². The number of nitrogens with one attached hydrogen (secondary N) is 10. The number of nitrogen functional groups attached to an aromatic ring is 2. The van der Waals surface area contributed by atoms with Gasteiger partial charge in [0, 0.05) is 177 Å². The molecule has 0 fully saturated rings. The zero-order valence-electron chi connectivity index (χ0n) is 54.7. The van der Waals surface area contributed by atoms with Crippen molar-refractivity contribution in [2.24, 2.45) is 0 Å². The van der Waals surface area contributed by atoms with Crippen LogP contribution in [-0.4, -0.2) is 158 Å². The molecule has 4 aromatic rings. The van der Waals surface area contributed by atoms with Gasteiger partial charge in [-0.3, -0.25) is 58.6 Å².